The molecule has 0 saturated carbocycles. The summed E-state index contributed by atoms with van der Waals surface area (Å²) in [6.07, 6.45) is 1.24. The highest BCUT2D eigenvalue weighted by Gasteiger charge is 2.18. The Morgan fingerprint density at radius 1 is 1.24 bits per heavy atom. The van der Waals surface area contributed by atoms with Gasteiger partial charge in [0.1, 0.15) is 0 Å². The van der Waals surface area contributed by atoms with E-state index < -0.39 is 0 Å². The van der Waals surface area contributed by atoms with E-state index in [4.69, 9.17) is 0 Å². The minimum atomic E-state index is 0.135. The normalized spacial score (nSPS) is 10.9. The highest BCUT2D eigenvalue weighted by molar-refractivity contribution is 9.10. The molecule has 1 aromatic heterocycles. The van der Waals surface area contributed by atoms with Gasteiger partial charge in [-0.2, -0.15) is 5.10 Å². The summed E-state index contributed by atoms with van der Waals surface area (Å²) in [4.78, 5) is 12.5. The van der Waals surface area contributed by atoms with Crippen molar-refractivity contribution >= 4 is 21.7 Å². The van der Waals surface area contributed by atoms with Crippen molar-refractivity contribution in [2.45, 2.75) is 47.1 Å². The molecule has 0 aliphatic heterocycles. The molecule has 1 heterocycles. The van der Waals surface area contributed by atoms with E-state index in [1.807, 2.05) is 36.7 Å². The number of carbonyl (C=O) groups is 1. The predicted molar refractivity (Wildman–Crippen MR) is 88.9 cm³/mol. The number of Topliss-reactive ketones (excluding diaryl/α,β-unsaturated/α-hetero) is 1. The average molecular weight is 349 g/mol. The van der Waals surface area contributed by atoms with Gasteiger partial charge >= 0.3 is 0 Å². The highest BCUT2D eigenvalue weighted by Crippen LogP contribution is 2.24. The Bertz CT molecular complexity index is 674. The van der Waals surface area contributed by atoms with Gasteiger partial charge in [0.05, 0.1) is 22.3 Å². The van der Waals surface area contributed by atoms with Crippen LogP contribution in [0.2, 0.25) is 0 Å². The molecular formula is C17H21BrN2O. The van der Waals surface area contributed by atoms with Crippen LogP contribution in [0.1, 0.15) is 46.7 Å². The van der Waals surface area contributed by atoms with Crippen LogP contribution in [0.25, 0.3) is 0 Å². The average Bonchev–Trinajstić information content (AvgIpc) is 2.78. The van der Waals surface area contributed by atoms with Crippen LogP contribution in [0.15, 0.2) is 22.7 Å². The lowest BCUT2D eigenvalue weighted by molar-refractivity contribution is 0.0990. The summed E-state index contributed by atoms with van der Waals surface area (Å²) in [6.45, 7) is 8.98. The monoisotopic (exact) mass is 348 g/mol. The van der Waals surface area contributed by atoms with Gasteiger partial charge in [-0.3, -0.25) is 9.48 Å². The molecule has 112 valence electrons. The third-order valence-electron chi connectivity index (χ3n) is 3.85. The predicted octanol–water partition coefficient (Wildman–Crippen LogP) is 4.27. The van der Waals surface area contributed by atoms with Crippen LogP contribution < -0.4 is 0 Å². The Balaban J connectivity index is 2.31. The third kappa shape index (κ3) is 3.26. The molecule has 2 rings (SSSR count). The number of hydrogen-bond donors (Lipinski definition) is 0. The molecule has 1 aromatic carbocycles. The first kappa shape index (κ1) is 16.0. The quantitative estimate of drug-likeness (QED) is 0.756. The maximum absolute atomic E-state index is 12.5. The van der Waals surface area contributed by atoms with Crippen LogP contribution in [-0.2, 0) is 19.4 Å². The Hall–Kier alpha value is -1.42. The number of halogens is 1. The number of carbonyl (C=O) groups excluding carboxylic acids is 1. The fourth-order valence-electron chi connectivity index (χ4n) is 2.36. The van der Waals surface area contributed by atoms with Crippen LogP contribution in [0, 0.1) is 13.8 Å². The molecule has 21 heavy (non-hydrogen) atoms. The highest BCUT2D eigenvalue weighted by atomic mass is 79.9. The second kappa shape index (κ2) is 6.56. The SMILES string of the molecule is CCc1nn(CC)c(CC(=O)c2ccc(C)c(C)c2)c1Br. The summed E-state index contributed by atoms with van der Waals surface area (Å²) in [5, 5.41) is 4.54. The fraction of sp³-hybridized carbons (Fsp3) is 0.412. The van der Waals surface area contributed by atoms with Crippen molar-refractivity contribution < 1.29 is 4.79 Å². The molecule has 0 amide bonds. The summed E-state index contributed by atoms with van der Waals surface area (Å²) in [6, 6.07) is 5.89. The largest absolute Gasteiger partial charge is 0.294 e. The standard InChI is InChI=1S/C17H21BrN2O/c1-5-14-17(18)15(20(6-2)19-14)10-16(21)13-8-7-11(3)12(4)9-13/h7-9H,5-6,10H2,1-4H3. The van der Waals surface area contributed by atoms with Gasteiger partial charge in [0.15, 0.2) is 5.78 Å². The van der Waals surface area contributed by atoms with Crippen LogP contribution in [0.5, 0.6) is 0 Å². The lowest BCUT2D eigenvalue weighted by atomic mass is 10.0. The number of nitrogens with zero attached hydrogens (tertiary/aromatic N) is 2. The van der Waals surface area contributed by atoms with Crippen LogP contribution in [-0.4, -0.2) is 15.6 Å². The van der Waals surface area contributed by atoms with Gasteiger partial charge in [0, 0.05) is 12.1 Å². The maximum atomic E-state index is 12.5. The number of rotatable bonds is 5. The summed E-state index contributed by atoms with van der Waals surface area (Å²) >= 11 is 3.59. The summed E-state index contributed by atoms with van der Waals surface area (Å²) in [5.41, 5.74) is 5.11. The Labute approximate surface area is 134 Å². The van der Waals surface area contributed by atoms with Crippen molar-refractivity contribution in [2.75, 3.05) is 0 Å². The van der Waals surface area contributed by atoms with Gasteiger partial charge in [-0.05, 0) is 60.3 Å². The molecule has 0 aliphatic rings. The number of aryl methyl sites for hydroxylation is 4. The van der Waals surface area contributed by atoms with Crippen LogP contribution in [0.4, 0.5) is 0 Å². The first-order valence-corrected chi connectivity index (χ1v) is 8.11. The van der Waals surface area contributed by atoms with Crippen molar-refractivity contribution in [3.8, 4) is 0 Å². The molecule has 4 heteroatoms. The number of hydrogen-bond acceptors (Lipinski definition) is 2. The lowest BCUT2D eigenvalue weighted by Crippen LogP contribution is -2.10. The molecular weight excluding hydrogens is 328 g/mol. The molecule has 0 aliphatic carbocycles. The Morgan fingerprint density at radius 3 is 2.52 bits per heavy atom. The second-order valence-corrected chi connectivity index (χ2v) is 6.07. The van der Waals surface area contributed by atoms with E-state index in [1.165, 1.54) is 5.56 Å². The number of benzene rings is 1. The summed E-state index contributed by atoms with van der Waals surface area (Å²) < 4.78 is 2.89. The van der Waals surface area contributed by atoms with Crippen LogP contribution >= 0.6 is 15.9 Å². The van der Waals surface area contributed by atoms with E-state index in [1.54, 1.807) is 0 Å². The van der Waals surface area contributed by atoms with E-state index in [2.05, 4.69) is 34.9 Å². The molecule has 0 spiro atoms. The minimum Gasteiger partial charge on any atom is -0.294 e. The van der Waals surface area contributed by atoms with Gasteiger partial charge in [-0.25, -0.2) is 0 Å². The van der Waals surface area contributed by atoms with Crippen molar-refractivity contribution in [3.05, 3.63) is 50.8 Å². The van der Waals surface area contributed by atoms with E-state index in [9.17, 15) is 4.79 Å². The first-order chi connectivity index (χ1) is 9.97. The number of ketones is 1. The van der Waals surface area contributed by atoms with Gasteiger partial charge in [0.25, 0.3) is 0 Å². The molecule has 0 bridgehead atoms. The smallest absolute Gasteiger partial charge is 0.168 e. The van der Waals surface area contributed by atoms with Gasteiger partial charge < -0.3 is 0 Å². The Morgan fingerprint density at radius 2 is 1.95 bits per heavy atom. The van der Waals surface area contributed by atoms with Gasteiger partial charge in [-0.1, -0.05) is 19.1 Å². The molecule has 0 fully saturated rings. The Kier molecular flexibility index (Phi) is 4.99. The van der Waals surface area contributed by atoms with E-state index in [-0.39, 0.29) is 5.78 Å². The first-order valence-electron chi connectivity index (χ1n) is 7.32. The summed E-state index contributed by atoms with van der Waals surface area (Å²) in [7, 11) is 0. The van der Waals surface area contributed by atoms with Crippen molar-refractivity contribution in [2.24, 2.45) is 0 Å². The molecule has 0 radical (unpaired) electrons. The topological polar surface area (TPSA) is 34.9 Å². The minimum absolute atomic E-state index is 0.135. The molecule has 0 unspecified atom stereocenters. The maximum Gasteiger partial charge on any atom is 0.168 e. The van der Waals surface area contributed by atoms with Crippen molar-refractivity contribution in [3.63, 3.8) is 0 Å². The summed E-state index contributed by atoms with van der Waals surface area (Å²) in [5.74, 6) is 0.135. The third-order valence-corrected chi connectivity index (χ3v) is 4.77. The van der Waals surface area contributed by atoms with Crippen molar-refractivity contribution in [1.29, 1.82) is 0 Å². The van der Waals surface area contributed by atoms with E-state index in [0.29, 0.717) is 6.42 Å². The van der Waals surface area contributed by atoms with Crippen LogP contribution in [0.3, 0.4) is 0 Å². The molecule has 3 nitrogen and oxygen atoms in total. The molecule has 0 saturated heterocycles. The lowest BCUT2D eigenvalue weighted by Gasteiger charge is -2.07. The zero-order valence-electron chi connectivity index (χ0n) is 13.0. The second-order valence-electron chi connectivity index (χ2n) is 5.28. The number of aromatic nitrogens is 2. The van der Waals surface area contributed by atoms with Gasteiger partial charge in [-0.15, -0.1) is 0 Å². The molecule has 0 atom stereocenters. The molecule has 0 N–H and O–H groups in total. The zero-order chi connectivity index (χ0) is 15.6. The van der Waals surface area contributed by atoms with E-state index >= 15 is 0 Å². The molecule has 2 aromatic rings. The zero-order valence-corrected chi connectivity index (χ0v) is 14.6. The van der Waals surface area contributed by atoms with Gasteiger partial charge in [0.2, 0.25) is 0 Å². The van der Waals surface area contributed by atoms with E-state index in [0.717, 1.165) is 40.0 Å². The van der Waals surface area contributed by atoms with Crippen molar-refractivity contribution in [1.82, 2.24) is 9.78 Å². The fourth-order valence-corrected chi connectivity index (χ4v) is 3.06.